The van der Waals surface area contributed by atoms with Gasteiger partial charge < -0.3 is 9.47 Å². The average Bonchev–Trinajstić information content (AvgIpc) is 2.55. The summed E-state index contributed by atoms with van der Waals surface area (Å²) in [4.78, 5) is 0. The predicted octanol–water partition coefficient (Wildman–Crippen LogP) is 5.48. The van der Waals surface area contributed by atoms with E-state index in [0.29, 0.717) is 24.5 Å². The standard InChI is InChI=1S/C19H29NO2/c1-3-5-7-9-13-21-18-12-11-17(16-20)15-19(18)22-14-10-8-6-4-2/h11-12,15H,3-10,13-14H2,1-2H3. The minimum Gasteiger partial charge on any atom is -0.490 e. The maximum Gasteiger partial charge on any atom is 0.162 e. The summed E-state index contributed by atoms with van der Waals surface area (Å²) in [7, 11) is 0. The second kappa shape index (κ2) is 11.9. The van der Waals surface area contributed by atoms with Crippen molar-refractivity contribution in [3.8, 4) is 17.6 Å². The maximum atomic E-state index is 9.02. The monoisotopic (exact) mass is 303 g/mol. The Labute approximate surface area is 135 Å². The molecule has 1 aromatic rings. The van der Waals surface area contributed by atoms with E-state index in [1.807, 2.05) is 6.07 Å². The first-order valence-electron chi connectivity index (χ1n) is 8.61. The van der Waals surface area contributed by atoms with Crippen LogP contribution in [0.5, 0.6) is 11.5 Å². The van der Waals surface area contributed by atoms with Crippen molar-refractivity contribution in [2.75, 3.05) is 13.2 Å². The van der Waals surface area contributed by atoms with Crippen LogP contribution in [0.4, 0.5) is 0 Å². The molecular weight excluding hydrogens is 274 g/mol. The summed E-state index contributed by atoms with van der Waals surface area (Å²) in [6.07, 6.45) is 9.41. The van der Waals surface area contributed by atoms with Crippen LogP contribution in [0.3, 0.4) is 0 Å². The zero-order valence-corrected chi connectivity index (χ0v) is 14.1. The molecule has 0 saturated carbocycles. The summed E-state index contributed by atoms with van der Waals surface area (Å²) in [5.41, 5.74) is 0.613. The molecule has 0 aliphatic heterocycles. The van der Waals surface area contributed by atoms with Gasteiger partial charge in [-0.2, -0.15) is 5.26 Å². The fraction of sp³-hybridized carbons (Fsp3) is 0.632. The first-order chi connectivity index (χ1) is 10.8. The zero-order chi connectivity index (χ0) is 16.0. The number of rotatable bonds is 12. The smallest absolute Gasteiger partial charge is 0.162 e. The summed E-state index contributed by atoms with van der Waals surface area (Å²) in [6.45, 7) is 5.78. The molecular formula is C19H29NO2. The van der Waals surface area contributed by atoms with E-state index >= 15 is 0 Å². The minimum absolute atomic E-state index is 0.613. The lowest BCUT2D eigenvalue weighted by atomic mass is 10.2. The van der Waals surface area contributed by atoms with Gasteiger partial charge >= 0.3 is 0 Å². The molecule has 0 bridgehead atoms. The van der Waals surface area contributed by atoms with Crippen LogP contribution in [0.25, 0.3) is 0 Å². The molecule has 0 aromatic heterocycles. The molecule has 122 valence electrons. The van der Waals surface area contributed by atoms with Crippen molar-refractivity contribution in [1.29, 1.82) is 5.26 Å². The van der Waals surface area contributed by atoms with Gasteiger partial charge in [-0.25, -0.2) is 0 Å². The van der Waals surface area contributed by atoms with Crippen molar-refractivity contribution in [3.05, 3.63) is 23.8 Å². The Bertz CT molecular complexity index is 451. The summed E-state index contributed by atoms with van der Waals surface area (Å²) < 4.78 is 11.7. The molecule has 0 aliphatic carbocycles. The first-order valence-corrected chi connectivity index (χ1v) is 8.61. The van der Waals surface area contributed by atoms with Crippen LogP contribution < -0.4 is 9.47 Å². The van der Waals surface area contributed by atoms with Crippen LogP contribution in [0, 0.1) is 11.3 Å². The number of nitrogens with zero attached hydrogens (tertiary/aromatic N) is 1. The normalized spacial score (nSPS) is 10.2. The van der Waals surface area contributed by atoms with Gasteiger partial charge in [0.15, 0.2) is 11.5 Å². The van der Waals surface area contributed by atoms with Gasteiger partial charge in [-0.05, 0) is 25.0 Å². The molecule has 1 aromatic carbocycles. The van der Waals surface area contributed by atoms with Gasteiger partial charge in [-0.15, -0.1) is 0 Å². The Balaban J connectivity index is 2.49. The number of nitriles is 1. The summed E-state index contributed by atoms with van der Waals surface area (Å²) in [5.74, 6) is 1.46. The average molecular weight is 303 g/mol. The topological polar surface area (TPSA) is 42.2 Å². The van der Waals surface area contributed by atoms with E-state index < -0.39 is 0 Å². The van der Waals surface area contributed by atoms with E-state index in [2.05, 4.69) is 19.9 Å². The molecule has 0 fully saturated rings. The largest absolute Gasteiger partial charge is 0.490 e. The van der Waals surface area contributed by atoms with E-state index in [-0.39, 0.29) is 0 Å². The molecule has 0 spiro atoms. The van der Waals surface area contributed by atoms with Gasteiger partial charge in [-0.3, -0.25) is 0 Å². The van der Waals surface area contributed by atoms with E-state index in [0.717, 1.165) is 18.6 Å². The Hall–Kier alpha value is -1.69. The predicted molar refractivity (Wildman–Crippen MR) is 90.4 cm³/mol. The van der Waals surface area contributed by atoms with E-state index in [9.17, 15) is 0 Å². The van der Waals surface area contributed by atoms with E-state index in [4.69, 9.17) is 14.7 Å². The summed E-state index contributed by atoms with van der Waals surface area (Å²) >= 11 is 0. The number of hydrogen-bond acceptors (Lipinski definition) is 3. The number of hydrogen-bond donors (Lipinski definition) is 0. The van der Waals surface area contributed by atoms with Crippen LogP contribution in [0.15, 0.2) is 18.2 Å². The second-order valence-electron chi connectivity index (χ2n) is 5.59. The molecule has 0 amide bonds. The van der Waals surface area contributed by atoms with Crippen LogP contribution in [-0.2, 0) is 0 Å². The lowest BCUT2D eigenvalue weighted by Crippen LogP contribution is -2.03. The third-order valence-corrected chi connectivity index (χ3v) is 3.58. The Morgan fingerprint density at radius 3 is 1.95 bits per heavy atom. The quantitative estimate of drug-likeness (QED) is 0.480. The highest BCUT2D eigenvalue weighted by Gasteiger charge is 2.07. The van der Waals surface area contributed by atoms with Crippen molar-refractivity contribution in [2.24, 2.45) is 0 Å². The molecule has 3 heteroatoms. The van der Waals surface area contributed by atoms with E-state index in [1.165, 1.54) is 38.5 Å². The van der Waals surface area contributed by atoms with Crippen LogP contribution >= 0.6 is 0 Å². The molecule has 0 unspecified atom stereocenters. The third-order valence-electron chi connectivity index (χ3n) is 3.58. The van der Waals surface area contributed by atoms with Gasteiger partial charge in [0, 0.05) is 6.07 Å². The minimum atomic E-state index is 0.613. The Kier molecular flexibility index (Phi) is 9.94. The van der Waals surface area contributed by atoms with Crippen molar-refractivity contribution in [2.45, 2.75) is 65.2 Å². The number of ether oxygens (including phenoxy) is 2. The van der Waals surface area contributed by atoms with Crippen molar-refractivity contribution in [3.63, 3.8) is 0 Å². The lowest BCUT2D eigenvalue weighted by Gasteiger charge is -2.13. The highest BCUT2D eigenvalue weighted by molar-refractivity contribution is 5.46. The Morgan fingerprint density at radius 1 is 0.818 bits per heavy atom. The van der Waals surface area contributed by atoms with Gasteiger partial charge in [0.05, 0.1) is 24.8 Å². The van der Waals surface area contributed by atoms with Gasteiger partial charge in [0.2, 0.25) is 0 Å². The molecule has 0 saturated heterocycles. The highest BCUT2D eigenvalue weighted by Crippen LogP contribution is 2.28. The fourth-order valence-electron chi connectivity index (χ4n) is 2.23. The fourth-order valence-corrected chi connectivity index (χ4v) is 2.23. The molecule has 0 heterocycles. The molecule has 0 radical (unpaired) electrons. The van der Waals surface area contributed by atoms with Crippen LogP contribution in [0.1, 0.15) is 70.8 Å². The molecule has 0 aliphatic rings. The van der Waals surface area contributed by atoms with E-state index in [1.54, 1.807) is 12.1 Å². The second-order valence-corrected chi connectivity index (χ2v) is 5.59. The maximum absolute atomic E-state index is 9.02. The van der Waals surface area contributed by atoms with Crippen molar-refractivity contribution >= 4 is 0 Å². The Morgan fingerprint density at radius 2 is 1.41 bits per heavy atom. The number of benzene rings is 1. The van der Waals surface area contributed by atoms with Crippen molar-refractivity contribution < 1.29 is 9.47 Å². The molecule has 1 rings (SSSR count). The van der Waals surface area contributed by atoms with Gasteiger partial charge in [0.1, 0.15) is 0 Å². The van der Waals surface area contributed by atoms with Crippen LogP contribution in [-0.4, -0.2) is 13.2 Å². The lowest BCUT2D eigenvalue weighted by molar-refractivity contribution is 0.259. The van der Waals surface area contributed by atoms with Crippen LogP contribution in [0.2, 0.25) is 0 Å². The molecule has 22 heavy (non-hydrogen) atoms. The molecule has 3 nitrogen and oxygen atoms in total. The zero-order valence-electron chi connectivity index (χ0n) is 14.1. The molecule has 0 N–H and O–H groups in total. The molecule has 0 atom stereocenters. The highest BCUT2D eigenvalue weighted by atomic mass is 16.5. The SMILES string of the molecule is CCCCCCOc1ccc(C#N)cc1OCCCCCC. The van der Waals surface area contributed by atoms with Gasteiger partial charge in [-0.1, -0.05) is 52.4 Å². The summed E-state index contributed by atoms with van der Waals surface area (Å²) in [6, 6.07) is 7.56. The number of unbranched alkanes of at least 4 members (excludes halogenated alkanes) is 6. The summed E-state index contributed by atoms with van der Waals surface area (Å²) in [5, 5.41) is 9.02. The van der Waals surface area contributed by atoms with Gasteiger partial charge in [0.25, 0.3) is 0 Å². The van der Waals surface area contributed by atoms with Crippen molar-refractivity contribution in [1.82, 2.24) is 0 Å². The first kappa shape index (κ1) is 18.4. The third kappa shape index (κ3) is 7.36.